The Balaban J connectivity index is 3.07. The van der Waals surface area contributed by atoms with E-state index in [1.165, 1.54) is 0 Å². The standard InChI is InChI=1S/C9H11BrClNO/c1-5(2)9(13)6-3-12-4-7(10)8(6)11/h3-5,9,13H,1-2H3. The Labute approximate surface area is 91.1 Å². The quantitative estimate of drug-likeness (QED) is 0.890. The molecule has 0 fully saturated rings. The van der Waals surface area contributed by atoms with Gasteiger partial charge < -0.3 is 5.11 Å². The molecule has 1 rings (SSSR count). The number of rotatable bonds is 2. The smallest absolute Gasteiger partial charge is 0.0842 e. The Hall–Kier alpha value is -0.120. The first-order valence-corrected chi connectivity index (χ1v) is 5.18. The highest BCUT2D eigenvalue weighted by atomic mass is 79.9. The SMILES string of the molecule is CC(C)C(O)c1cncc(Br)c1Cl. The second-order valence-corrected chi connectivity index (χ2v) is 4.45. The van der Waals surface area contributed by atoms with Crippen LogP contribution in [-0.2, 0) is 0 Å². The molecule has 1 N–H and O–H groups in total. The molecule has 0 bridgehead atoms. The van der Waals surface area contributed by atoms with E-state index in [1.807, 2.05) is 13.8 Å². The number of pyridine rings is 1. The molecule has 0 aliphatic rings. The zero-order valence-corrected chi connectivity index (χ0v) is 9.80. The zero-order valence-electron chi connectivity index (χ0n) is 7.46. The maximum atomic E-state index is 9.76. The van der Waals surface area contributed by atoms with Crippen LogP contribution in [0.4, 0.5) is 0 Å². The van der Waals surface area contributed by atoms with Crippen LogP contribution in [0.5, 0.6) is 0 Å². The molecule has 0 saturated heterocycles. The minimum Gasteiger partial charge on any atom is -0.388 e. The van der Waals surface area contributed by atoms with Gasteiger partial charge in [-0.15, -0.1) is 0 Å². The van der Waals surface area contributed by atoms with Gasteiger partial charge in [-0.1, -0.05) is 25.4 Å². The summed E-state index contributed by atoms with van der Waals surface area (Å²) in [4.78, 5) is 3.96. The molecule has 0 aliphatic heterocycles. The highest BCUT2D eigenvalue weighted by Crippen LogP contribution is 2.32. The lowest BCUT2D eigenvalue weighted by Gasteiger charge is -2.15. The lowest BCUT2D eigenvalue weighted by molar-refractivity contribution is 0.126. The summed E-state index contributed by atoms with van der Waals surface area (Å²) in [5, 5.41) is 10.3. The van der Waals surface area contributed by atoms with Gasteiger partial charge in [0.15, 0.2) is 0 Å². The Bertz CT molecular complexity index is 304. The van der Waals surface area contributed by atoms with Gasteiger partial charge in [0.2, 0.25) is 0 Å². The van der Waals surface area contributed by atoms with Crippen molar-refractivity contribution >= 4 is 27.5 Å². The van der Waals surface area contributed by atoms with E-state index in [-0.39, 0.29) is 5.92 Å². The van der Waals surface area contributed by atoms with Crippen molar-refractivity contribution in [2.45, 2.75) is 20.0 Å². The fourth-order valence-corrected chi connectivity index (χ4v) is 1.56. The van der Waals surface area contributed by atoms with Gasteiger partial charge in [-0.2, -0.15) is 0 Å². The predicted octanol–water partition coefficient (Wildman–Crippen LogP) is 3.19. The highest BCUT2D eigenvalue weighted by molar-refractivity contribution is 9.10. The van der Waals surface area contributed by atoms with Crippen LogP contribution in [0.1, 0.15) is 25.5 Å². The van der Waals surface area contributed by atoms with Crippen LogP contribution in [0, 0.1) is 5.92 Å². The van der Waals surface area contributed by atoms with Gasteiger partial charge in [0.1, 0.15) is 0 Å². The van der Waals surface area contributed by atoms with Crippen LogP contribution in [0.2, 0.25) is 5.02 Å². The van der Waals surface area contributed by atoms with Gasteiger partial charge >= 0.3 is 0 Å². The van der Waals surface area contributed by atoms with E-state index < -0.39 is 6.10 Å². The first kappa shape index (κ1) is 11.0. The number of aromatic nitrogens is 1. The molecule has 1 unspecified atom stereocenters. The molecule has 0 aliphatic carbocycles. The van der Waals surface area contributed by atoms with Crippen molar-refractivity contribution in [2.75, 3.05) is 0 Å². The predicted molar refractivity (Wildman–Crippen MR) is 56.7 cm³/mol. The van der Waals surface area contributed by atoms with E-state index in [1.54, 1.807) is 12.4 Å². The van der Waals surface area contributed by atoms with E-state index >= 15 is 0 Å². The third-order valence-electron chi connectivity index (χ3n) is 1.81. The Morgan fingerprint density at radius 2 is 2.08 bits per heavy atom. The molecule has 0 saturated carbocycles. The van der Waals surface area contributed by atoms with Crippen molar-refractivity contribution in [3.8, 4) is 0 Å². The van der Waals surface area contributed by atoms with E-state index in [0.29, 0.717) is 15.1 Å². The molecule has 1 atom stereocenters. The van der Waals surface area contributed by atoms with Crippen LogP contribution < -0.4 is 0 Å². The number of hydrogen-bond donors (Lipinski definition) is 1. The maximum Gasteiger partial charge on any atom is 0.0842 e. The molecule has 0 aromatic carbocycles. The summed E-state index contributed by atoms with van der Waals surface area (Å²) in [6.45, 7) is 3.86. The largest absolute Gasteiger partial charge is 0.388 e. The molecule has 0 radical (unpaired) electrons. The number of halogens is 2. The van der Waals surface area contributed by atoms with Crippen LogP contribution in [0.25, 0.3) is 0 Å². The minimum atomic E-state index is -0.558. The van der Waals surface area contributed by atoms with E-state index in [0.717, 1.165) is 0 Å². The van der Waals surface area contributed by atoms with Crippen molar-refractivity contribution in [3.63, 3.8) is 0 Å². The number of aliphatic hydroxyl groups is 1. The third kappa shape index (κ3) is 2.42. The molecule has 1 aromatic heterocycles. The van der Waals surface area contributed by atoms with Crippen LogP contribution in [0.3, 0.4) is 0 Å². The third-order valence-corrected chi connectivity index (χ3v) is 3.07. The monoisotopic (exact) mass is 263 g/mol. The first-order valence-electron chi connectivity index (χ1n) is 4.01. The van der Waals surface area contributed by atoms with Gasteiger partial charge in [0.05, 0.1) is 15.6 Å². The van der Waals surface area contributed by atoms with E-state index in [2.05, 4.69) is 20.9 Å². The number of aliphatic hydroxyl groups excluding tert-OH is 1. The zero-order chi connectivity index (χ0) is 10.0. The summed E-state index contributed by atoms with van der Waals surface area (Å²) in [5.41, 5.74) is 0.672. The summed E-state index contributed by atoms with van der Waals surface area (Å²) in [7, 11) is 0. The molecule has 72 valence electrons. The van der Waals surface area contributed by atoms with Gasteiger partial charge in [-0.05, 0) is 21.8 Å². The van der Waals surface area contributed by atoms with Gasteiger partial charge in [0, 0.05) is 18.0 Å². The fourth-order valence-electron chi connectivity index (χ4n) is 1.000. The lowest BCUT2D eigenvalue weighted by Crippen LogP contribution is -2.06. The number of nitrogens with zero attached hydrogens (tertiary/aromatic N) is 1. The molecule has 13 heavy (non-hydrogen) atoms. The van der Waals surface area contributed by atoms with Crippen molar-refractivity contribution in [2.24, 2.45) is 5.92 Å². The Kier molecular flexibility index (Phi) is 3.71. The summed E-state index contributed by atoms with van der Waals surface area (Å²) in [5.74, 6) is 0.133. The Morgan fingerprint density at radius 1 is 1.46 bits per heavy atom. The van der Waals surface area contributed by atoms with Crippen LogP contribution in [-0.4, -0.2) is 10.1 Å². The van der Waals surface area contributed by atoms with Gasteiger partial charge in [-0.25, -0.2) is 0 Å². The number of hydrogen-bond acceptors (Lipinski definition) is 2. The average Bonchev–Trinajstić information content (AvgIpc) is 2.08. The van der Waals surface area contributed by atoms with Crippen molar-refractivity contribution < 1.29 is 5.11 Å². The maximum absolute atomic E-state index is 9.76. The average molecular weight is 265 g/mol. The summed E-state index contributed by atoms with van der Waals surface area (Å²) >= 11 is 9.24. The highest BCUT2D eigenvalue weighted by Gasteiger charge is 2.16. The summed E-state index contributed by atoms with van der Waals surface area (Å²) in [6, 6.07) is 0. The first-order chi connectivity index (χ1) is 6.04. The molecule has 1 aromatic rings. The molecular weight excluding hydrogens is 253 g/mol. The minimum absolute atomic E-state index is 0.133. The lowest BCUT2D eigenvalue weighted by atomic mass is 10.0. The molecule has 0 amide bonds. The fraction of sp³-hybridized carbons (Fsp3) is 0.444. The molecular formula is C9H11BrClNO. The summed E-state index contributed by atoms with van der Waals surface area (Å²) in [6.07, 6.45) is 2.65. The van der Waals surface area contributed by atoms with Crippen LogP contribution >= 0.6 is 27.5 Å². The van der Waals surface area contributed by atoms with Crippen molar-refractivity contribution in [1.29, 1.82) is 0 Å². The van der Waals surface area contributed by atoms with Gasteiger partial charge in [-0.3, -0.25) is 4.98 Å². The normalized spacial score (nSPS) is 13.4. The second kappa shape index (κ2) is 4.40. The topological polar surface area (TPSA) is 33.1 Å². The van der Waals surface area contributed by atoms with Crippen LogP contribution in [0.15, 0.2) is 16.9 Å². The van der Waals surface area contributed by atoms with E-state index in [4.69, 9.17) is 11.6 Å². The molecule has 0 spiro atoms. The van der Waals surface area contributed by atoms with Crippen molar-refractivity contribution in [1.82, 2.24) is 4.98 Å². The van der Waals surface area contributed by atoms with E-state index in [9.17, 15) is 5.11 Å². The Morgan fingerprint density at radius 3 is 2.62 bits per heavy atom. The summed E-state index contributed by atoms with van der Waals surface area (Å²) < 4.78 is 0.714. The van der Waals surface area contributed by atoms with Crippen molar-refractivity contribution in [3.05, 3.63) is 27.5 Å². The molecule has 4 heteroatoms. The van der Waals surface area contributed by atoms with Gasteiger partial charge in [0.25, 0.3) is 0 Å². The molecule has 2 nitrogen and oxygen atoms in total. The second-order valence-electron chi connectivity index (χ2n) is 3.21. The molecule has 1 heterocycles.